The Morgan fingerprint density at radius 2 is 1.85 bits per heavy atom. The van der Waals surface area contributed by atoms with Gasteiger partial charge < -0.3 is 5.32 Å². The Morgan fingerprint density at radius 1 is 1.11 bits per heavy atom. The highest BCUT2D eigenvalue weighted by molar-refractivity contribution is 7.20. The van der Waals surface area contributed by atoms with E-state index in [1.807, 2.05) is 32.9 Å². The molecule has 3 heterocycles. The molecule has 1 amide bonds. The minimum Gasteiger partial charge on any atom is -0.321 e. The normalized spacial score (nSPS) is 14.0. The van der Waals surface area contributed by atoms with Gasteiger partial charge in [-0.25, -0.2) is 4.98 Å². The van der Waals surface area contributed by atoms with E-state index in [-0.39, 0.29) is 11.5 Å². The lowest BCUT2D eigenvalue weighted by Crippen LogP contribution is -2.24. The van der Waals surface area contributed by atoms with Crippen LogP contribution in [-0.4, -0.2) is 15.5 Å². The van der Waals surface area contributed by atoms with Gasteiger partial charge in [0.15, 0.2) is 0 Å². The molecule has 1 N–H and O–H groups in total. The van der Waals surface area contributed by atoms with Gasteiger partial charge in [0.05, 0.1) is 10.3 Å². The summed E-state index contributed by atoms with van der Waals surface area (Å²) in [4.78, 5) is 31.9. The molecular formula is C21H23N3O2S. The predicted octanol–water partition coefficient (Wildman–Crippen LogP) is 4.36. The first-order chi connectivity index (χ1) is 12.9. The first-order valence-electron chi connectivity index (χ1n) is 9.36. The topological polar surface area (TPSA) is 64.0 Å². The number of carbonyl (C=O) groups excluding carboxylic acids is 1. The number of fused-ring (bicyclic) bond motifs is 2. The Kier molecular flexibility index (Phi) is 4.60. The number of rotatable bonds is 2. The number of aryl methyl sites for hydroxylation is 4. The SMILES string of the molecule is Cc1cc(C)cc(NC(=O)c2sc3nc4n(c(=O)c3c2C)CCCCC4)c1. The average Bonchev–Trinajstić information content (AvgIpc) is 2.77. The summed E-state index contributed by atoms with van der Waals surface area (Å²) in [6.45, 7) is 6.58. The van der Waals surface area contributed by atoms with E-state index in [2.05, 4.69) is 11.4 Å². The number of hydrogen-bond acceptors (Lipinski definition) is 4. The molecule has 1 aliphatic heterocycles. The molecular weight excluding hydrogens is 358 g/mol. The van der Waals surface area contributed by atoms with Crippen molar-refractivity contribution < 1.29 is 4.79 Å². The van der Waals surface area contributed by atoms with Crippen molar-refractivity contribution in [2.75, 3.05) is 5.32 Å². The molecule has 0 radical (unpaired) electrons. The van der Waals surface area contributed by atoms with Gasteiger partial charge >= 0.3 is 0 Å². The van der Waals surface area contributed by atoms with Crippen molar-refractivity contribution in [2.24, 2.45) is 0 Å². The molecule has 0 atom stereocenters. The van der Waals surface area contributed by atoms with Gasteiger partial charge in [0.1, 0.15) is 10.7 Å². The van der Waals surface area contributed by atoms with Crippen LogP contribution in [0.25, 0.3) is 10.2 Å². The maximum Gasteiger partial charge on any atom is 0.266 e. The third-order valence-electron chi connectivity index (χ3n) is 5.10. The van der Waals surface area contributed by atoms with Crippen molar-refractivity contribution in [3.63, 3.8) is 0 Å². The molecule has 0 bridgehead atoms. The van der Waals surface area contributed by atoms with E-state index in [9.17, 15) is 9.59 Å². The van der Waals surface area contributed by atoms with Gasteiger partial charge in [0, 0.05) is 18.7 Å². The number of anilines is 1. The summed E-state index contributed by atoms with van der Waals surface area (Å²) in [6.07, 6.45) is 4.01. The highest BCUT2D eigenvalue weighted by atomic mass is 32.1. The number of hydrogen-bond donors (Lipinski definition) is 1. The number of nitrogens with one attached hydrogen (secondary N) is 1. The fourth-order valence-corrected chi connectivity index (χ4v) is 4.95. The number of carbonyl (C=O) groups is 1. The van der Waals surface area contributed by atoms with Crippen LogP contribution in [0.2, 0.25) is 0 Å². The van der Waals surface area contributed by atoms with Crippen molar-refractivity contribution in [3.05, 3.63) is 55.9 Å². The number of thiophene rings is 1. The van der Waals surface area contributed by atoms with Gasteiger partial charge in [0.25, 0.3) is 11.5 Å². The van der Waals surface area contributed by atoms with Crippen LogP contribution in [0, 0.1) is 20.8 Å². The number of aromatic nitrogens is 2. The summed E-state index contributed by atoms with van der Waals surface area (Å²) in [5.41, 5.74) is 3.70. The standard InChI is InChI=1S/C21H23N3O2S/c1-12-9-13(2)11-15(10-12)22-19(25)18-14(3)17-20(27-18)23-16-7-5-4-6-8-24(16)21(17)26/h9-11H,4-8H2,1-3H3,(H,22,25). The lowest BCUT2D eigenvalue weighted by molar-refractivity contribution is 0.103. The largest absolute Gasteiger partial charge is 0.321 e. The summed E-state index contributed by atoms with van der Waals surface area (Å²) in [5, 5.41) is 3.57. The lowest BCUT2D eigenvalue weighted by Gasteiger charge is -2.08. The van der Waals surface area contributed by atoms with Crippen molar-refractivity contribution in [3.8, 4) is 0 Å². The zero-order chi connectivity index (χ0) is 19.1. The Morgan fingerprint density at radius 3 is 2.59 bits per heavy atom. The molecule has 0 fully saturated rings. The summed E-state index contributed by atoms with van der Waals surface area (Å²) in [6, 6.07) is 5.96. The van der Waals surface area contributed by atoms with Gasteiger partial charge in [0.2, 0.25) is 0 Å². The summed E-state index contributed by atoms with van der Waals surface area (Å²) >= 11 is 1.32. The highest BCUT2D eigenvalue weighted by Crippen LogP contribution is 2.29. The summed E-state index contributed by atoms with van der Waals surface area (Å²) in [5.74, 6) is 0.674. The summed E-state index contributed by atoms with van der Waals surface area (Å²) < 4.78 is 1.81. The number of amides is 1. The van der Waals surface area contributed by atoms with E-state index < -0.39 is 0 Å². The quantitative estimate of drug-likeness (QED) is 0.717. The molecule has 4 rings (SSSR count). The Bertz CT molecular complexity index is 1090. The Hall–Kier alpha value is -2.47. The number of nitrogens with zero attached hydrogens (tertiary/aromatic N) is 2. The van der Waals surface area contributed by atoms with Crippen molar-refractivity contribution in [1.82, 2.24) is 9.55 Å². The smallest absolute Gasteiger partial charge is 0.266 e. The van der Waals surface area contributed by atoms with E-state index in [0.717, 1.165) is 60.4 Å². The minimum absolute atomic E-state index is 0.00361. The first-order valence-corrected chi connectivity index (χ1v) is 10.2. The van der Waals surface area contributed by atoms with Gasteiger partial charge in [-0.15, -0.1) is 11.3 Å². The molecule has 0 aliphatic carbocycles. The van der Waals surface area contributed by atoms with Crippen LogP contribution >= 0.6 is 11.3 Å². The van der Waals surface area contributed by atoms with E-state index in [1.165, 1.54) is 11.3 Å². The van der Waals surface area contributed by atoms with Crippen LogP contribution in [0.3, 0.4) is 0 Å². The predicted molar refractivity (Wildman–Crippen MR) is 110 cm³/mol. The Balaban J connectivity index is 1.76. The van der Waals surface area contributed by atoms with Gasteiger partial charge in [-0.2, -0.15) is 0 Å². The van der Waals surface area contributed by atoms with Crippen molar-refractivity contribution in [2.45, 2.75) is 53.0 Å². The summed E-state index contributed by atoms with van der Waals surface area (Å²) in [7, 11) is 0. The molecule has 0 spiro atoms. The van der Waals surface area contributed by atoms with Crippen LogP contribution in [-0.2, 0) is 13.0 Å². The van der Waals surface area contributed by atoms with E-state index in [1.54, 1.807) is 4.57 Å². The first kappa shape index (κ1) is 17.9. The van der Waals surface area contributed by atoms with E-state index in [0.29, 0.717) is 15.1 Å². The van der Waals surface area contributed by atoms with Gasteiger partial charge in [-0.05, 0) is 62.4 Å². The van der Waals surface area contributed by atoms with Crippen molar-refractivity contribution >= 4 is 33.1 Å². The van der Waals surface area contributed by atoms with E-state index in [4.69, 9.17) is 4.98 Å². The maximum atomic E-state index is 13.0. The second kappa shape index (κ2) is 6.93. The molecule has 140 valence electrons. The maximum absolute atomic E-state index is 13.0. The van der Waals surface area contributed by atoms with Crippen LogP contribution in [0.15, 0.2) is 23.0 Å². The van der Waals surface area contributed by atoms with Gasteiger partial charge in [-0.3, -0.25) is 14.2 Å². The average molecular weight is 382 g/mol. The third-order valence-corrected chi connectivity index (χ3v) is 6.28. The third kappa shape index (κ3) is 3.30. The van der Waals surface area contributed by atoms with Crippen molar-refractivity contribution in [1.29, 1.82) is 0 Å². The fraction of sp³-hybridized carbons (Fsp3) is 0.381. The molecule has 5 nitrogen and oxygen atoms in total. The minimum atomic E-state index is -0.180. The molecule has 0 saturated carbocycles. The molecule has 27 heavy (non-hydrogen) atoms. The van der Waals surface area contributed by atoms with Crippen LogP contribution in [0.4, 0.5) is 5.69 Å². The fourth-order valence-electron chi connectivity index (χ4n) is 3.86. The molecule has 0 saturated heterocycles. The second-order valence-electron chi connectivity index (χ2n) is 7.36. The molecule has 6 heteroatoms. The zero-order valence-electron chi connectivity index (χ0n) is 15.9. The van der Waals surface area contributed by atoms with Crippen LogP contribution in [0.5, 0.6) is 0 Å². The molecule has 2 aromatic heterocycles. The Labute approximate surface area is 162 Å². The van der Waals surface area contributed by atoms with Crippen LogP contribution < -0.4 is 10.9 Å². The number of benzene rings is 1. The molecule has 1 aliphatic rings. The molecule has 1 aromatic carbocycles. The molecule has 0 unspecified atom stereocenters. The monoisotopic (exact) mass is 381 g/mol. The van der Waals surface area contributed by atoms with Gasteiger partial charge in [-0.1, -0.05) is 12.5 Å². The van der Waals surface area contributed by atoms with E-state index >= 15 is 0 Å². The zero-order valence-corrected chi connectivity index (χ0v) is 16.7. The van der Waals surface area contributed by atoms with Crippen LogP contribution in [0.1, 0.15) is 51.4 Å². The second-order valence-corrected chi connectivity index (χ2v) is 8.36. The highest BCUT2D eigenvalue weighted by Gasteiger charge is 2.22. The molecule has 3 aromatic rings. The lowest BCUT2D eigenvalue weighted by atomic mass is 10.1.